The largest absolute Gasteiger partial charge is 0.368 e. The summed E-state index contributed by atoms with van der Waals surface area (Å²) in [7, 11) is 0. The highest BCUT2D eigenvalue weighted by Crippen LogP contribution is 2.36. The lowest BCUT2D eigenvalue weighted by molar-refractivity contribution is 0.0949. The van der Waals surface area contributed by atoms with Gasteiger partial charge in [0.1, 0.15) is 5.82 Å². The maximum atomic E-state index is 14.8. The minimum Gasteiger partial charge on any atom is -0.368 e. The first kappa shape index (κ1) is 26.0. The molecule has 1 aromatic carbocycles. The summed E-state index contributed by atoms with van der Waals surface area (Å²) in [6, 6.07) is 5.16. The fourth-order valence-electron chi connectivity index (χ4n) is 5.72. The molecule has 0 bridgehead atoms. The molecule has 34 heavy (non-hydrogen) atoms. The van der Waals surface area contributed by atoms with Gasteiger partial charge in [0.25, 0.3) is 11.5 Å². The zero-order valence-corrected chi connectivity index (χ0v) is 21.6. The van der Waals surface area contributed by atoms with Crippen LogP contribution in [-0.4, -0.2) is 23.5 Å². The third kappa shape index (κ3) is 5.89. The number of pyridine rings is 1. The van der Waals surface area contributed by atoms with Gasteiger partial charge in [0.15, 0.2) is 0 Å². The summed E-state index contributed by atoms with van der Waals surface area (Å²) < 4.78 is 14.8. The second kappa shape index (κ2) is 11.2. The lowest BCUT2D eigenvalue weighted by Gasteiger charge is -2.41. The molecule has 1 fully saturated rings. The molecule has 6 heteroatoms. The van der Waals surface area contributed by atoms with Crippen molar-refractivity contribution in [3.63, 3.8) is 0 Å². The van der Waals surface area contributed by atoms with Crippen molar-refractivity contribution < 1.29 is 9.18 Å². The Morgan fingerprint density at radius 2 is 1.79 bits per heavy atom. The van der Waals surface area contributed by atoms with Crippen LogP contribution in [0, 0.1) is 31.5 Å². The van der Waals surface area contributed by atoms with E-state index < -0.39 is 5.82 Å². The highest BCUT2D eigenvalue weighted by molar-refractivity contribution is 5.97. The van der Waals surface area contributed by atoms with Crippen molar-refractivity contribution in [3.8, 4) is 0 Å². The molecule has 2 aromatic rings. The Hall–Kier alpha value is -2.63. The SMILES string of the molecule is CCCc1cc(C)[nH]c(=O)c1CNC(=O)c1cc(F)cc(N(CC)C2C[C@@H](C)C[C@H](C)C2)c1C. The van der Waals surface area contributed by atoms with Crippen molar-refractivity contribution in [2.45, 2.75) is 86.2 Å². The minimum absolute atomic E-state index is 0.115. The number of hydrogen-bond acceptors (Lipinski definition) is 3. The normalized spacial score (nSPS) is 20.3. The van der Waals surface area contributed by atoms with Gasteiger partial charge in [-0.3, -0.25) is 9.59 Å². The summed E-state index contributed by atoms with van der Waals surface area (Å²) in [5.74, 6) is 0.483. The van der Waals surface area contributed by atoms with E-state index in [2.05, 4.69) is 42.9 Å². The van der Waals surface area contributed by atoms with Gasteiger partial charge in [-0.15, -0.1) is 0 Å². The monoisotopic (exact) mass is 469 g/mol. The number of carbonyl (C=O) groups excluding carboxylic acids is 1. The number of rotatable bonds is 8. The van der Waals surface area contributed by atoms with E-state index in [4.69, 9.17) is 0 Å². The van der Waals surface area contributed by atoms with E-state index in [0.717, 1.165) is 54.7 Å². The summed E-state index contributed by atoms with van der Waals surface area (Å²) in [6.45, 7) is 13.3. The van der Waals surface area contributed by atoms with Gasteiger partial charge in [-0.05, 0) is 87.6 Å². The quantitative estimate of drug-likeness (QED) is 0.524. The first-order valence-electron chi connectivity index (χ1n) is 12.7. The molecule has 2 N–H and O–H groups in total. The van der Waals surface area contributed by atoms with E-state index in [9.17, 15) is 14.0 Å². The van der Waals surface area contributed by atoms with Crippen LogP contribution in [0.25, 0.3) is 0 Å². The highest BCUT2D eigenvalue weighted by Gasteiger charge is 2.29. The molecule has 1 saturated carbocycles. The number of anilines is 1. The summed E-state index contributed by atoms with van der Waals surface area (Å²) >= 11 is 0. The van der Waals surface area contributed by atoms with Crippen LogP contribution in [0.3, 0.4) is 0 Å². The third-order valence-corrected chi connectivity index (χ3v) is 7.14. The fourth-order valence-corrected chi connectivity index (χ4v) is 5.72. The van der Waals surface area contributed by atoms with Crippen molar-refractivity contribution in [2.24, 2.45) is 11.8 Å². The molecular formula is C28H40FN3O2. The number of carbonyl (C=O) groups is 1. The van der Waals surface area contributed by atoms with Crippen molar-refractivity contribution in [1.29, 1.82) is 0 Å². The summed E-state index contributed by atoms with van der Waals surface area (Å²) in [4.78, 5) is 30.8. The number of halogens is 1. The lowest BCUT2D eigenvalue weighted by Crippen LogP contribution is -2.41. The van der Waals surface area contributed by atoms with E-state index in [1.165, 1.54) is 12.5 Å². The molecule has 3 rings (SSSR count). The zero-order valence-electron chi connectivity index (χ0n) is 21.6. The van der Waals surface area contributed by atoms with Gasteiger partial charge in [0.2, 0.25) is 0 Å². The number of nitrogens with zero attached hydrogens (tertiary/aromatic N) is 1. The molecular weight excluding hydrogens is 429 g/mol. The van der Waals surface area contributed by atoms with E-state index in [-0.39, 0.29) is 18.0 Å². The van der Waals surface area contributed by atoms with Gasteiger partial charge in [-0.25, -0.2) is 4.39 Å². The van der Waals surface area contributed by atoms with Crippen LogP contribution < -0.4 is 15.8 Å². The van der Waals surface area contributed by atoms with Crippen LogP contribution >= 0.6 is 0 Å². The van der Waals surface area contributed by atoms with Crippen molar-refractivity contribution in [2.75, 3.05) is 11.4 Å². The Bertz CT molecular complexity index is 1070. The number of benzene rings is 1. The number of aromatic nitrogens is 1. The Balaban J connectivity index is 1.87. The Labute approximate surface area is 203 Å². The maximum Gasteiger partial charge on any atom is 0.253 e. The summed E-state index contributed by atoms with van der Waals surface area (Å²) in [6.07, 6.45) is 5.05. The molecule has 0 radical (unpaired) electrons. The van der Waals surface area contributed by atoms with Crippen LogP contribution in [0.15, 0.2) is 23.0 Å². The van der Waals surface area contributed by atoms with Gasteiger partial charge in [-0.2, -0.15) is 0 Å². The minimum atomic E-state index is -0.416. The number of hydrogen-bond donors (Lipinski definition) is 2. The molecule has 186 valence electrons. The Morgan fingerprint density at radius 1 is 1.12 bits per heavy atom. The van der Waals surface area contributed by atoms with Crippen molar-refractivity contribution in [3.05, 3.63) is 62.3 Å². The predicted molar refractivity (Wildman–Crippen MR) is 137 cm³/mol. The third-order valence-electron chi connectivity index (χ3n) is 7.14. The topological polar surface area (TPSA) is 65.2 Å². The molecule has 0 saturated heterocycles. The van der Waals surface area contributed by atoms with E-state index in [0.29, 0.717) is 29.0 Å². The molecule has 1 aliphatic carbocycles. The van der Waals surface area contributed by atoms with Gasteiger partial charge >= 0.3 is 0 Å². The van der Waals surface area contributed by atoms with Gasteiger partial charge in [-0.1, -0.05) is 27.2 Å². The fraction of sp³-hybridized carbons (Fsp3) is 0.571. The molecule has 1 heterocycles. The molecule has 0 aliphatic heterocycles. The van der Waals surface area contributed by atoms with Crippen molar-refractivity contribution >= 4 is 11.6 Å². The first-order valence-corrected chi connectivity index (χ1v) is 12.7. The van der Waals surface area contributed by atoms with Gasteiger partial charge in [0, 0.05) is 41.6 Å². The van der Waals surface area contributed by atoms with E-state index in [1.54, 1.807) is 6.07 Å². The number of aryl methyl sites for hydroxylation is 2. The van der Waals surface area contributed by atoms with Crippen molar-refractivity contribution in [1.82, 2.24) is 10.3 Å². The van der Waals surface area contributed by atoms with Gasteiger partial charge < -0.3 is 15.2 Å². The second-order valence-electron chi connectivity index (χ2n) is 10.2. The zero-order chi connectivity index (χ0) is 25.0. The smallest absolute Gasteiger partial charge is 0.253 e. The predicted octanol–water partition coefficient (Wildman–Crippen LogP) is 5.66. The average molecular weight is 470 g/mol. The molecule has 1 aromatic heterocycles. The van der Waals surface area contributed by atoms with Crippen LogP contribution in [0.5, 0.6) is 0 Å². The maximum absolute atomic E-state index is 14.8. The number of amides is 1. The number of aromatic amines is 1. The number of nitrogens with one attached hydrogen (secondary N) is 2. The van der Waals surface area contributed by atoms with Crippen LogP contribution in [0.4, 0.5) is 10.1 Å². The number of H-pyrrole nitrogens is 1. The van der Waals surface area contributed by atoms with Crippen LogP contribution in [0.1, 0.15) is 86.1 Å². The Kier molecular flexibility index (Phi) is 8.56. The first-order chi connectivity index (χ1) is 16.1. The molecule has 1 amide bonds. The van der Waals surface area contributed by atoms with Gasteiger partial charge in [0.05, 0.1) is 0 Å². The summed E-state index contributed by atoms with van der Waals surface area (Å²) in [5, 5.41) is 2.88. The standard InChI is InChI=1S/C28H40FN3O2/c1-7-9-21-13-19(5)31-28(34)25(21)16-30-27(33)24-14-22(29)15-26(20(24)6)32(8-2)23-11-17(3)10-18(4)12-23/h13-15,17-18,23H,7-12,16H2,1-6H3,(H,30,33)(H,31,34)/t17-,18-/m0/s1. The van der Waals surface area contributed by atoms with E-state index in [1.807, 2.05) is 19.9 Å². The average Bonchev–Trinajstić information content (AvgIpc) is 2.75. The Morgan fingerprint density at radius 3 is 2.41 bits per heavy atom. The highest BCUT2D eigenvalue weighted by atomic mass is 19.1. The van der Waals surface area contributed by atoms with Crippen LogP contribution in [0.2, 0.25) is 0 Å². The lowest BCUT2D eigenvalue weighted by atomic mass is 9.79. The van der Waals surface area contributed by atoms with E-state index >= 15 is 0 Å². The molecule has 5 nitrogen and oxygen atoms in total. The molecule has 1 aliphatic rings. The molecule has 2 atom stereocenters. The second-order valence-corrected chi connectivity index (χ2v) is 10.2. The molecule has 0 unspecified atom stereocenters. The van der Waals surface area contributed by atoms with Crippen LogP contribution in [-0.2, 0) is 13.0 Å². The summed E-state index contributed by atoms with van der Waals surface area (Å²) in [5.41, 5.74) is 4.02. The molecule has 0 spiro atoms.